The lowest BCUT2D eigenvalue weighted by Crippen LogP contribution is -2.17. The topological polar surface area (TPSA) is 0 Å². The first-order valence-electron chi connectivity index (χ1n) is 6.02. The van der Waals surface area contributed by atoms with Crippen LogP contribution < -0.4 is 0 Å². The van der Waals surface area contributed by atoms with Crippen LogP contribution in [0.25, 0.3) is 0 Å². The summed E-state index contributed by atoms with van der Waals surface area (Å²) in [6, 6.07) is 11.0. The zero-order valence-electron chi connectivity index (χ0n) is 9.16. The molecule has 0 aromatic heterocycles. The summed E-state index contributed by atoms with van der Waals surface area (Å²) in [5.41, 5.74) is 1.52. The van der Waals surface area contributed by atoms with Crippen LogP contribution in [0, 0.1) is 5.92 Å². The minimum absolute atomic E-state index is 0.728. The van der Waals surface area contributed by atoms with Crippen LogP contribution in [0.3, 0.4) is 0 Å². The number of rotatable bonds is 3. The van der Waals surface area contributed by atoms with Crippen LogP contribution in [0.1, 0.15) is 43.6 Å². The third-order valence-corrected chi connectivity index (χ3v) is 4.31. The van der Waals surface area contributed by atoms with E-state index < -0.39 is 0 Å². The van der Waals surface area contributed by atoms with Crippen molar-refractivity contribution in [2.24, 2.45) is 5.92 Å². The number of halogens is 1. The molecule has 15 heavy (non-hydrogen) atoms. The Hall–Kier alpha value is -0.300. The fraction of sp³-hybridized carbons (Fsp3) is 0.571. The Kier molecular flexibility index (Phi) is 4.25. The highest BCUT2D eigenvalue weighted by molar-refractivity contribution is 9.09. The largest absolute Gasteiger partial charge is 0.0921 e. The summed E-state index contributed by atoms with van der Waals surface area (Å²) in [6.45, 7) is 0. The van der Waals surface area contributed by atoms with E-state index in [9.17, 15) is 0 Å². The first-order valence-corrected chi connectivity index (χ1v) is 7.15. The summed E-state index contributed by atoms with van der Waals surface area (Å²) in [4.78, 5) is 0. The van der Waals surface area contributed by atoms with Crippen LogP contribution in [0.4, 0.5) is 0 Å². The molecule has 0 N–H and O–H groups in total. The molecule has 1 fully saturated rings. The summed E-state index contributed by atoms with van der Waals surface area (Å²) < 4.78 is 0. The molecule has 0 aliphatic heterocycles. The van der Waals surface area contributed by atoms with Gasteiger partial charge in [-0.3, -0.25) is 0 Å². The first-order chi connectivity index (χ1) is 7.42. The van der Waals surface area contributed by atoms with Crippen molar-refractivity contribution in [1.82, 2.24) is 0 Å². The van der Waals surface area contributed by atoms with E-state index in [1.807, 2.05) is 0 Å². The Bertz CT molecular complexity index is 275. The quantitative estimate of drug-likeness (QED) is 0.693. The average Bonchev–Trinajstić information content (AvgIpc) is 2.33. The summed E-state index contributed by atoms with van der Waals surface area (Å²) in [5, 5.41) is 1.11. The fourth-order valence-electron chi connectivity index (χ4n) is 2.72. The van der Waals surface area contributed by atoms with E-state index >= 15 is 0 Å². The number of hydrogen-bond donors (Lipinski definition) is 0. The Labute approximate surface area is 101 Å². The van der Waals surface area contributed by atoms with E-state index in [0.29, 0.717) is 0 Å². The summed E-state index contributed by atoms with van der Waals surface area (Å²) in [5.74, 6) is 1.63. The van der Waals surface area contributed by atoms with Crippen molar-refractivity contribution in [3.05, 3.63) is 35.9 Å². The van der Waals surface area contributed by atoms with Gasteiger partial charge in [-0.1, -0.05) is 65.5 Å². The molecule has 0 spiro atoms. The molecule has 1 aromatic rings. The molecule has 2 rings (SSSR count). The van der Waals surface area contributed by atoms with Gasteiger partial charge in [-0.2, -0.15) is 0 Å². The Balaban J connectivity index is 2.09. The highest BCUT2D eigenvalue weighted by Crippen LogP contribution is 2.36. The van der Waals surface area contributed by atoms with E-state index in [1.54, 1.807) is 0 Å². The van der Waals surface area contributed by atoms with Gasteiger partial charge in [-0.25, -0.2) is 0 Å². The molecule has 1 aromatic carbocycles. The van der Waals surface area contributed by atoms with Crippen molar-refractivity contribution in [3.63, 3.8) is 0 Å². The maximum Gasteiger partial charge on any atom is 0.0103 e. The lowest BCUT2D eigenvalue weighted by Gasteiger charge is -2.29. The Morgan fingerprint density at radius 3 is 2.33 bits per heavy atom. The molecule has 1 atom stereocenters. The molecule has 1 aliphatic carbocycles. The lowest BCUT2D eigenvalue weighted by atomic mass is 9.78. The highest BCUT2D eigenvalue weighted by Gasteiger charge is 2.23. The minimum Gasteiger partial charge on any atom is -0.0921 e. The highest BCUT2D eigenvalue weighted by atomic mass is 79.9. The molecule has 0 heterocycles. The zero-order chi connectivity index (χ0) is 10.5. The zero-order valence-corrected chi connectivity index (χ0v) is 10.7. The van der Waals surface area contributed by atoms with Gasteiger partial charge in [0.15, 0.2) is 0 Å². The van der Waals surface area contributed by atoms with Crippen LogP contribution in [-0.4, -0.2) is 5.33 Å². The van der Waals surface area contributed by atoms with Crippen molar-refractivity contribution in [3.8, 4) is 0 Å². The van der Waals surface area contributed by atoms with Crippen LogP contribution in [0.5, 0.6) is 0 Å². The van der Waals surface area contributed by atoms with E-state index in [0.717, 1.165) is 17.2 Å². The monoisotopic (exact) mass is 266 g/mol. The normalized spacial score (nSPS) is 20.1. The molecular formula is C14H19Br. The van der Waals surface area contributed by atoms with Gasteiger partial charge >= 0.3 is 0 Å². The molecule has 1 heteroatoms. The Morgan fingerprint density at radius 1 is 1.07 bits per heavy atom. The summed E-state index contributed by atoms with van der Waals surface area (Å²) in [6.07, 6.45) is 7.15. The third kappa shape index (κ3) is 2.84. The molecule has 0 nitrogen and oxygen atoms in total. The maximum absolute atomic E-state index is 3.69. The van der Waals surface area contributed by atoms with Crippen molar-refractivity contribution < 1.29 is 0 Å². The second-order valence-corrected chi connectivity index (χ2v) is 5.22. The average molecular weight is 267 g/mol. The van der Waals surface area contributed by atoms with Gasteiger partial charge in [0.1, 0.15) is 0 Å². The summed E-state index contributed by atoms with van der Waals surface area (Å²) in [7, 11) is 0. The van der Waals surface area contributed by atoms with Gasteiger partial charge in [0.05, 0.1) is 0 Å². The van der Waals surface area contributed by atoms with E-state index in [-0.39, 0.29) is 0 Å². The number of hydrogen-bond acceptors (Lipinski definition) is 0. The van der Waals surface area contributed by atoms with Crippen molar-refractivity contribution in [2.45, 2.75) is 38.0 Å². The van der Waals surface area contributed by atoms with Crippen LogP contribution in [-0.2, 0) is 0 Å². The van der Waals surface area contributed by atoms with Crippen LogP contribution in [0.2, 0.25) is 0 Å². The van der Waals surface area contributed by atoms with Gasteiger partial charge in [0.2, 0.25) is 0 Å². The van der Waals surface area contributed by atoms with Crippen molar-refractivity contribution in [2.75, 3.05) is 5.33 Å². The molecule has 0 saturated heterocycles. The molecule has 1 unspecified atom stereocenters. The molecule has 1 saturated carbocycles. The summed E-state index contributed by atoms with van der Waals surface area (Å²) >= 11 is 3.69. The molecule has 0 amide bonds. The van der Waals surface area contributed by atoms with Gasteiger partial charge < -0.3 is 0 Å². The second kappa shape index (κ2) is 5.69. The molecule has 0 bridgehead atoms. The number of alkyl halides is 1. The standard InChI is InChI=1S/C14H19Br/c15-11-14(12-7-3-1-4-8-12)13-9-5-2-6-10-13/h1,3-4,7-8,13-14H,2,5-6,9-11H2. The van der Waals surface area contributed by atoms with Gasteiger partial charge in [0, 0.05) is 5.33 Å². The predicted octanol–water partition coefficient (Wildman–Crippen LogP) is 4.75. The van der Waals surface area contributed by atoms with Gasteiger partial charge in [-0.15, -0.1) is 0 Å². The van der Waals surface area contributed by atoms with E-state index in [2.05, 4.69) is 46.3 Å². The van der Waals surface area contributed by atoms with E-state index in [4.69, 9.17) is 0 Å². The van der Waals surface area contributed by atoms with Crippen LogP contribution >= 0.6 is 15.9 Å². The van der Waals surface area contributed by atoms with Crippen molar-refractivity contribution in [1.29, 1.82) is 0 Å². The molecule has 82 valence electrons. The third-order valence-electron chi connectivity index (χ3n) is 3.61. The smallest absolute Gasteiger partial charge is 0.0103 e. The van der Waals surface area contributed by atoms with Crippen LogP contribution in [0.15, 0.2) is 30.3 Å². The van der Waals surface area contributed by atoms with Gasteiger partial charge in [0.25, 0.3) is 0 Å². The maximum atomic E-state index is 3.69. The molecule has 1 aliphatic rings. The lowest BCUT2D eigenvalue weighted by molar-refractivity contribution is 0.319. The predicted molar refractivity (Wildman–Crippen MR) is 69.6 cm³/mol. The minimum atomic E-state index is 0.728. The molecule has 0 radical (unpaired) electrons. The first kappa shape index (κ1) is 11.2. The number of benzene rings is 1. The Morgan fingerprint density at radius 2 is 1.73 bits per heavy atom. The van der Waals surface area contributed by atoms with E-state index in [1.165, 1.54) is 37.7 Å². The molecular weight excluding hydrogens is 248 g/mol. The fourth-order valence-corrected chi connectivity index (χ4v) is 3.63. The van der Waals surface area contributed by atoms with Gasteiger partial charge in [-0.05, 0) is 30.2 Å². The second-order valence-electron chi connectivity index (χ2n) is 4.57. The SMILES string of the molecule is BrCC(c1ccccc1)C1CCCCC1. The van der Waals surface area contributed by atoms with Crippen molar-refractivity contribution >= 4 is 15.9 Å².